The van der Waals surface area contributed by atoms with Gasteiger partial charge in [-0.2, -0.15) is 0 Å². The summed E-state index contributed by atoms with van der Waals surface area (Å²) in [5, 5.41) is 11.5. The van der Waals surface area contributed by atoms with Gasteiger partial charge in [0.1, 0.15) is 11.6 Å². The zero-order chi connectivity index (χ0) is 21.5. The molecular weight excluding hydrogens is 389 g/mol. The fraction of sp³-hybridized carbons (Fsp3) is 0.565. The maximum Gasteiger partial charge on any atom is 0.168 e. The van der Waals surface area contributed by atoms with Crippen LogP contribution in [0.3, 0.4) is 0 Å². The fourth-order valence-corrected chi connectivity index (χ4v) is 4.70. The first-order valence-electron chi connectivity index (χ1n) is 10.7. The number of rotatable bonds is 5. The lowest BCUT2D eigenvalue weighted by atomic mass is 9.92. The third-order valence-electron chi connectivity index (χ3n) is 6.29. The van der Waals surface area contributed by atoms with Crippen LogP contribution in [0.15, 0.2) is 24.3 Å². The number of nitrogens with one attached hydrogen (secondary N) is 1. The van der Waals surface area contributed by atoms with E-state index < -0.39 is 17.5 Å². The van der Waals surface area contributed by atoms with Gasteiger partial charge in [0.15, 0.2) is 11.6 Å². The summed E-state index contributed by atoms with van der Waals surface area (Å²) in [6.07, 6.45) is 3.42. The third-order valence-corrected chi connectivity index (χ3v) is 6.29. The summed E-state index contributed by atoms with van der Waals surface area (Å²) in [6, 6.07) is 5.02. The molecule has 0 bridgehead atoms. The topological polar surface area (TPSA) is 41.0 Å². The van der Waals surface area contributed by atoms with Gasteiger partial charge in [-0.25, -0.2) is 13.2 Å². The lowest BCUT2D eigenvalue weighted by Crippen LogP contribution is -2.28. The standard InChI is InChI=1S/C23H29F3N4/c1-23(2,3)6-7-30-12-14-8-17(9-15(14)13-30)27-21-5-4-20(28-29-21)18-10-16(24)11-19(25)22(18)26/h4-5,10-11,14-15,17H,6-9,12-13H2,1-3H3,(H,27,29)/t14-,15+,17+. The Morgan fingerprint density at radius 3 is 2.33 bits per heavy atom. The van der Waals surface area contributed by atoms with Crippen molar-refractivity contribution in [3.63, 3.8) is 0 Å². The van der Waals surface area contributed by atoms with Crippen molar-refractivity contribution in [1.82, 2.24) is 15.1 Å². The van der Waals surface area contributed by atoms with Crippen LogP contribution in [-0.2, 0) is 0 Å². The predicted molar refractivity (Wildman–Crippen MR) is 111 cm³/mol. The number of benzene rings is 1. The van der Waals surface area contributed by atoms with E-state index in [9.17, 15) is 13.2 Å². The van der Waals surface area contributed by atoms with Gasteiger partial charge in [0.2, 0.25) is 0 Å². The lowest BCUT2D eigenvalue weighted by Gasteiger charge is -2.24. The second-order valence-corrected chi connectivity index (χ2v) is 9.96. The minimum Gasteiger partial charge on any atom is -0.366 e. The van der Waals surface area contributed by atoms with Gasteiger partial charge >= 0.3 is 0 Å². The molecule has 7 heteroatoms. The number of hydrogen-bond acceptors (Lipinski definition) is 4. The van der Waals surface area contributed by atoms with Crippen LogP contribution in [0.4, 0.5) is 19.0 Å². The number of fused-ring (bicyclic) bond motifs is 1. The maximum atomic E-state index is 13.9. The SMILES string of the molecule is CC(C)(C)CCN1C[C@H]2C[C@H](Nc3ccc(-c4cc(F)cc(F)c4F)nn3)C[C@H]2C1. The molecule has 30 heavy (non-hydrogen) atoms. The Labute approximate surface area is 175 Å². The molecule has 2 heterocycles. The van der Waals surface area contributed by atoms with Gasteiger partial charge in [0, 0.05) is 30.8 Å². The molecule has 1 N–H and O–H groups in total. The van der Waals surface area contributed by atoms with Crippen LogP contribution < -0.4 is 5.32 Å². The third kappa shape index (κ3) is 4.77. The lowest BCUT2D eigenvalue weighted by molar-refractivity contribution is 0.250. The van der Waals surface area contributed by atoms with Gasteiger partial charge in [-0.3, -0.25) is 0 Å². The van der Waals surface area contributed by atoms with E-state index in [1.807, 2.05) is 0 Å². The second-order valence-electron chi connectivity index (χ2n) is 9.96. The summed E-state index contributed by atoms with van der Waals surface area (Å²) in [7, 11) is 0. The molecule has 1 aromatic carbocycles. The molecule has 4 rings (SSSR count). The molecule has 4 nitrogen and oxygen atoms in total. The van der Waals surface area contributed by atoms with Gasteiger partial charge in [-0.15, -0.1) is 10.2 Å². The van der Waals surface area contributed by atoms with E-state index in [0.717, 1.165) is 32.0 Å². The Morgan fingerprint density at radius 1 is 1.03 bits per heavy atom. The van der Waals surface area contributed by atoms with E-state index in [1.54, 1.807) is 6.07 Å². The smallest absolute Gasteiger partial charge is 0.168 e. The molecule has 1 aliphatic heterocycles. The minimum absolute atomic E-state index is 0.106. The number of hydrogen-bond donors (Lipinski definition) is 1. The van der Waals surface area contributed by atoms with Crippen molar-refractivity contribution in [2.24, 2.45) is 17.3 Å². The molecule has 0 amide bonds. The van der Waals surface area contributed by atoms with Gasteiger partial charge in [-0.05, 0) is 61.3 Å². The van der Waals surface area contributed by atoms with E-state index in [2.05, 4.69) is 41.2 Å². The van der Waals surface area contributed by atoms with Crippen LogP contribution >= 0.6 is 0 Å². The highest BCUT2D eigenvalue weighted by atomic mass is 19.2. The van der Waals surface area contributed by atoms with Crippen molar-refractivity contribution in [3.8, 4) is 11.3 Å². The van der Waals surface area contributed by atoms with Gasteiger partial charge in [0.25, 0.3) is 0 Å². The Hall–Kier alpha value is -2.15. The summed E-state index contributed by atoms with van der Waals surface area (Å²) in [5.41, 5.74) is 0.249. The Balaban J connectivity index is 1.33. The largest absolute Gasteiger partial charge is 0.366 e. The summed E-state index contributed by atoms with van der Waals surface area (Å²) in [6.45, 7) is 10.3. The average molecular weight is 419 g/mol. The summed E-state index contributed by atoms with van der Waals surface area (Å²) < 4.78 is 40.8. The first-order chi connectivity index (χ1) is 14.2. The highest BCUT2D eigenvalue weighted by molar-refractivity contribution is 5.60. The monoisotopic (exact) mass is 418 g/mol. The molecule has 3 atom stereocenters. The molecule has 0 spiro atoms. The molecule has 1 saturated heterocycles. The Morgan fingerprint density at radius 2 is 1.73 bits per heavy atom. The van der Waals surface area contributed by atoms with E-state index in [-0.39, 0.29) is 11.3 Å². The van der Waals surface area contributed by atoms with E-state index >= 15 is 0 Å². The Kier molecular flexibility index (Phi) is 5.75. The van der Waals surface area contributed by atoms with Crippen molar-refractivity contribution < 1.29 is 13.2 Å². The van der Waals surface area contributed by atoms with E-state index in [0.29, 0.717) is 35.2 Å². The minimum atomic E-state index is -1.23. The highest BCUT2D eigenvalue weighted by Crippen LogP contribution is 2.39. The fourth-order valence-electron chi connectivity index (χ4n) is 4.70. The first kappa shape index (κ1) is 21.1. The van der Waals surface area contributed by atoms with Crippen LogP contribution in [-0.4, -0.2) is 40.8 Å². The molecule has 2 aliphatic rings. The van der Waals surface area contributed by atoms with Crippen LogP contribution in [0.2, 0.25) is 0 Å². The molecule has 162 valence electrons. The molecule has 1 saturated carbocycles. The van der Waals surface area contributed by atoms with Gasteiger partial charge < -0.3 is 10.2 Å². The molecule has 1 aliphatic carbocycles. The van der Waals surface area contributed by atoms with Gasteiger partial charge in [-0.1, -0.05) is 20.8 Å². The zero-order valence-electron chi connectivity index (χ0n) is 17.8. The van der Waals surface area contributed by atoms with Crippen LogP contribution in [0.5, 0.6) is 0 Å². The number of likely N-dealkylation sites (tertiary alicyclic amines) is 1. The van der Waals surface area contributed by atoms with Crippen molar-refractivity contribution in [2.45, 2.75) is 46.1 Å². The molecule has 0 unspecified atom stereocenters. The van der Waals surface area contributed by atoms with Crippen molar-refractivity contribution in [3.05, 3.63) is 41.7 Å². The molecule has 1 aromatic heterocycles. The predicted octanol–water partition coefficient (Wildman–Crippen LogP) is 5.12. The number of aromatic nitrogens is 2. The van der Waals surface area contributed by atoms with Crippen LogP contribution in [0.1, 0.15) is 40.0 Å². The molecule has 2 fully saturated rings. The van der Waals surface area contributed by atoms with E-state index in [4.69, 9.17) is 0 Å². The highest BCUT2D eigenvalue weighted by Gasteiger charge is 2.40. The maximum absolute atomic E-state index is 13.9. The number of halogens is 3. The summed E-state index contributed by atoms with van der Waals surface area (Å²) >= 11 is 0. The quantitative estimate of drug-likeness (QED) is 0.685. The van der Waals surface area contributed by atoms with Crippen molar-refractivity contribution in [1.29, 1.82) is 0 Å². The number of anilines is 1. The first-order valence-corrected chi connectivity index (χ1v) is 10.7. The van der Waals surface area contributed by atoms with Gasteiger partial charge in [0.05, 0.1) is 5.69 Å². The van der Waals surface area contributed by atoms with Crippen LogP contribution in [0, 0.1) is 34.7 Å². The summed E-state index contributed by atoms with van der Waals surface area (Å²) in [5.74, 6) is -1.18. The van der Waals surface area contributed by atoms with Crippen molar-refractivity contribution >= 4 is 5.82 Å². The second kappa shape index (κ2) is 8.17. The molecule has 0 radical (unpaired) electrons. The number of nitrogens with zero attached hydrogens (tertiary/aromatic N) is 3. The van der Waals surface area contributed by atoms with Crippen LogP contribution in [0.25, 0.3) is 11.3 Å². The normalized spacial score (nSPS) is 24.3. The Bertz CT molecular complexity index is 881. The average Bonchev–Trinajstić information content (AvgIpc) is 3.21. The zero-order valence-corrected chi connectivity index (χ0v) is 17.8. The van der Waals surface area contributed by atoms with E-state index in [1.165, 1.54) is 19.0 Å². The molecular formula is C23H29F3N4. The molecule has 2 aromatic rings. The van der Waals surface area contributed by atoms with Crippen molar-refractivity contribution in [2.75, 3.05) is 25.0 Å². The summed E-state index contributed by atoms with van der Waals surface area (Å²) in [4.78, 5) is 2.60.